The van der Waals surface area contributed by atoms with E-state index in [9.17, 15) is 4.79 Å². The van der Waals surface area contributed by atoms with Crippen molar-refractivity contribution in [1.82, 2.24) is 0 Å². The molecule has 0 saturated carbocycles. The summed E-state index contributed by atoms with van der Waals surface area (Å²) in [7, 11) is 0. The third kappa shape index (κ3) is 2.35. The Kier molecular flexibility index (Phi) is 3.44. The Morgan fingerprint density at radius 3 is 3.00 bits per heavy atom. The lowest BCUT2D eigenvalue weighted by molar-refractivity contribution is -0.105. The predicted octanol–water partition coefficient (Wildman–Crippen LogP) is 2.49. The van der Waals surface area contributed by atoms with E-state index >= 15 is 0 Å². The predicted molar refractivity (Wildman–Crippen MR) is 66.7 cm³/mol. The summed E-state index contributed by atoms with van der Waals surface area (Å²) >= 11 is 0. The van der Waals surface area contributed by atoms with Crippen molar-refractivity contribution in [1.29, 1.82) is 0 Å². The summed E-state index contributed by atoms with van der Waals surface area (Å²) in [6, 6.07) is 7.99. The number of nitrogens with one attached hydrogen (secondary N) is 1. The number of para-hydroxylation sites is 2. The molecule has 1 aromatic carbocycles. The Labute approximate surface area is 96.5 Å². The number of piperidine rings is 1. The highest BCUT2D eigenvalue weighted by molar-refractivity contribution is 5.81. The molecule has 1 heterocycles. The van der Waals surface area contributed by atoms with Crippen molar-refractivity contribution in [3.8, 4) is 0 Å². The van der Waals surface area contributed by atoms with Gasteiger partial charge in [0.25, 0.3) is 0 Å². The van der Waals surface area contributed by atoms with Gasteiger partial charge in [-0.15, -0.1) is 0 Å². The smallest absolute Gasteiger partial charge is 0.211 e. The molecule has 1 saturated heterocycles. The molecule has 2 rings (SSSR count). The number of rotatable bonds is 3. The third-order valence-corrected chi connectivity index (χ3v) is 3.12. The molecule has 1 aromatic rings. The van der Waals surface area contributed by atoms with Gasteiger partial charge in [-0.3, -0.25) is 4.79 Å². The zero-order valence-electron chi connectivity index (χ0n) is 9.65. The van der Waals surface area contributed by atoms with E-state index in [0.717, 1.165) is 36.8 Å². The summed E-state index contributed by atoms with van der Waals surface area (Å²) in [4.78, 5) is 12.9. The second kappa shape index (κ2) is 5.01. The molecule has 1 N–H and O–H groups in total. The fourth-order valence-electron chi connectivity index (χ4n) is 2.34. The van der Waals surface area contributed by atoms with Crippen LogP contribution < -0.4 is 10.2 Å². The van der Waals surface area contributed by atoms with E-state index in [4.69, 9.17) is 0 Å². The van der Waals surface area contributed by atoms with Crippen molar-refractivity contribution < 1.29 is 4.79 Å². The molecular weight excluding hydrogens is 200 g/mol. The van der Waals surface area contributed by atoms with Crippen LogP contribution in [0.4, 0.5) is 11.4 Å². The minimum Gasteiger partial charge on any atom is -0.370 e. The van der Waals surface area contributed by atoms with Crippen LogP contribution in [-0.2, 0) is 4.79 Å². The van der Waals surface area contributed by atoms with E-state index in [-0.39, 0.29) is 0 Å². The van der Waals surface area contributed by atoms with Gasteiger partial charge >= 0.3 is 0 Å². The summed E-state index contributed by atoms with van der Waals surface area (Å²) in [5, 5.41) is 2.77. The van der Waals surface area contributed by atoms with Crippen molar-refractivity contribution in [2.45, 2.75) is 19.8 Å². The first kappa shape index (κ1) is 11.0. The normalized spacial score (nSPS) is 20.6. The minimum atomic E-state index is 0.734. The molecule has 1 amide bonds. The van der Waals surface area contributed by atoms with Crippen molar-refractivity contribution in [3.63, 3.8) is 0 Å². The number of nitrogens with zero attached hydrogens (tertiary/aromatic N) is 1. The van der Waals surface area contributed by atoms with Gasteiger partial charge in [-0.2, -0.15) is 0 Å². The van der Waals surface area contributed by atoms with Crippen LogP contribution in [0.15, 0.2) is 24.3 Å². The summed E-state index contributed by atoms with van der Waals surface area (Å²) in [5.41, 5.74) is 2.05. The van der Waals surface area contributed by atoms with Crippen LogP contribution in [0, 0.1) is 5.92 Å². The second-order valence-electron chi connectivity index (χ2n) is 4.47. The van der Waals surface area contributed by atoms with Gasteiger partial charge in [0.2, 0.25) is 6.41 Å². The molecule has 16 heavy (non-hydrogen) atoms. The van der Waals surface area contributed by atoms with Gasteiger partial charge in [-0.1, -0.05) is 19.1 Å². The molecule has 0 spiro atoms. The minimum absolute atomic E-state index is 0.734. The molecule has 0 radical (unpaired) electrons. The maximum atomic E-state index is 10.5. The summed E-state index contributed by atoms with van der Waals surface area (Å²) in [5.74, 6) is 0.734. The van der Waals surface area contributed by atoms with E-state index in [1.54, 1.807) is 0 Å². The number of benzene rings is 1. The number of hydrogen-bond donors (Lipinski definition) is 1. The fourth-order valence-corrected chi connectivity index (χ4v) is 2.34. The maximum Gasteiger partial charge on any atom is 0.211 e. The number of carbonyl (C=O) groups is 1. The van der Waals surface area contributed by atoms with Crippen LogP contribution in [0.5, 0.6) is 0 Å². The molecule has 0 aliphatic carbocycles. The lowest BCUT2D eigenvalue weighted by Gasteiger charge is -2.33. The Morgan fingerprint density at radius 1 is 1.44 bits per heavy atom. The van der Waals surface area contributed by atoms with Crippen molar-refractivity contribution in [3.05, 3.63) is 24.3 Å². The highest BCUT2D eigenvalue weighted by Gasteiger charge is 2.18. The average molecular weight is 218 g/mol. The Balaban J connectivity index is 2.20. The third-order valence-electron chi connectivity index (χ3n) is 3.12. The van der Waals surface area contributed by atoms with E-state index in [2.05, 4.69) is 23.2 Å². The Bertz CT molecular complexity index is 365. The van der Waals surface area contributed by atoms with Crippen molar-refractivity contribution in [2.75, 3.05) is 23.3 Å². The summed E-state index contributed by atoms with van der Waals surface area (Å²) in [6.45, 7) is 4.45. The topological polar surface area (TPSA) is 32.3 Å². The molecule has 86 valence electrons. The molecule has 1 aliphatic rings. The molecule has 1 atom stereocenters. The Morgan fingerprint density at radius 2 is 2.25 bits per heavy atom. The number of anilines is 2. The van der Waals surface area contributed by atoms with Gasteiger partial charge in [0.05, 0.1) is 11.4 Å². The van der Waals surface area contributed by atoms with Gasteiger partial charge in [-0.05, 0) is 30.9 Å². The largest absolute Gasteiger partial charge is 0.370 e. The van der Waals surface area contributed by atoms with Crippen LogP contribution in [0.25, 0.3) is 0 Å². The molecule has 1 aliphatic heterocycles. The highest BCUT2D eigenvalue weighted by Crippen LogP contribution is 2.29. The first-order valence-corrected chi connectivity index (χ1v) is 5.85. The van der Waals surface area contributed by atoms with Gasteiger partial charge in [0, 0.05) is 13.1 Å². The molecular formula is C13H18N2O. The lowest BCUT2D eigenvalue weighted by Crippen LogP contribution is -2.34. The van der Waals surface area contributed by atoms with Gasteiger partial charge in [-0.25, -0.2) is 0 Å². The Hall–Kier alpha value is -1.51. The molecule has 3 heteroatoms. The van der Waals surface area contributed by atoms with E-state index < -0.39 is 0 Å². The van der Waals surface area contributed by atoms with Crippen LogP contribution in [0.1, 0.15) is 19.8 Å². The summed E-state index contributed by atoms with van der Waals surface area (Å²) in [6.07, 6.45) is 3.28. The second-order valence-corrected chi connectivity index (χ2v) is 4.47. The average Bonchev–Trinajstić information content (AvgIpc) is 2.30. The lowest BCUT2D eigenvalue weighted by atomic mass is 9.99. The quantitative estimate of drug-likeness (QED) is 0.790. The molecule has 0 bridgehead atoms. The molecule has 1 unspecified atom stereocenters. The molecule has 3 nitrogen and oxygen atoms in total. The molecule has 1 fully saturated rings. The van der Waals surface area contributed by atoms with E-state index in [0.29, 0.717) is 0 Å². The zero-order chi connectivity index (χ0) is 11.4. The van der Waals surface area contributed by atoms with Gasteiger partial charge in [0.15, 0.2) is 0 Å². The van der Waals surface area contributed by atoms with Crippen LogP contribution >= 0.6 is 0 Å². The van der Waals surface area contributed by atoms with Crippen molar-refractivity contribution in [2.24, 2.45) is 5.92 Å². The maximum absolute atomic E-state index is 10.5. The first-order chi connectivity index (χ1) is 7.81. The summed E-state index contributed by atoms with van der Waals surface area (Å²) < 4.78 is 0. The van der Waals surface area contributed by atoms with Gasteiger partial charge < -0.3 is 10.2 Å². The molecule has 0 aromatic heterocycles. The number of amides is 1. The number of carbonyl (C=O) groups excluding carboxylic acids is 1. The monoisotopic (exact) mass is 218 g/mol. The van der Waals surface area contributed by atoms with Crippen LogP contribution in [0.2, 0.25) is 0 Å². The van der Waals surface area contributed by atoms with E-state index in [1.165, 1.54) is 12.8 Å². The zero-order valence-corrected chi connectivity index (χ0v) is 9.65. The van der Waals surface area contributed by atoms with Gasteiger partial charge in [0.1, 0.15) is 0 Å². The van der Waals surface area contributed by atoms with Crippen LogP contribution in [0.3, 0.4) is 0 Å². The first-order valence-electron chi connectivity index (χ1n) is 5.85. The standard InChI is InChI=1S/C13H18N2O/c1-11-5-4-8-15(9-11)13-7-3-2-6-12(13)14-10-16/h2-3,6-7,10-11H,4-5,8-9H2,1H3,(H,14,16). The highest BCUT2D eigenvalue weighted by atomic mass is 16.1. The SMILES string of the molecule is CC1CCCN(c2ccccc2NC=O)C1. The fraction of sp³-hybridized carbons (Fsp3) is 0.462. The van der Waals surface area contributed by atoms with Crippen molar-refractivity contribution >= 4 is 17.8 Å². The number of hydrogen-bond acceptors (Lipinski definition) is 2. The van der Waals surface area contributed by atoms with Crippen LogP contribution in [-0.4, -0.2) is 19.5 Å². The van der Waals surface area contributed by atoms with E-state index in [1.807, 2.05) is 18.2 Å².